The summed E-state index contributed by atoms with van der Waals surface area (Å²) in [6, 6.07) is 11.0. The van der Waals surface area contributed by atoms with Crippen LogP contribution < -0.4 is 16.2 Å². The lowest BCUT2D eigenvalue weighted by Crippen LogP contribution is -2.40. The van der Waals surface area contributed by atoms with Crippen LogP contribution in [0.1, 0.15) is 25.1 Å². The van der Waals surface area contributed by atoms with Crippen LogP contribution in [0.15, 0.2) is 53.3 Å². The van der Waals surface area contributed by atoms with Crippen LogP contribution in [0, 0.1) is 12.8 Å². The van der Waals surface area contributed by atoms with Gasteiger partial charge in [-0.2, -0.15) is 13.2 Å². The van der Waals surface area contributed by atoms with Crippen molar-refractivity contribution < 1.29 is 18.0 Å². The molecule has 10 heteroatoms. The molecule has 1 amide bonds. The van der Waals surface area contributed by atoms with Crippen LogP contribution in [0.5, 0.6) is 0 Å². The molecule has 0 bridgehead atoms. The molecule has 0 aliphatic heterocycles. The van der Waals surface area contributed by atoms with Crippen LogP contribution >= 0.6 is 11.6 Å². The summed E-state index contributed by atoms with van der Waals surface area (Å²) < 4.78 is 41.8. The average molecular weight is 481 g/mol. The van der Waals surface area contributed by atoms with E-state index in [2.05, 4.69) is 10.6 Å². The number of hydrogen-bond donors (Lipinski definition) is 2. The number of carbonyl (C=O) groups is 1. The highest BCUT2D eigenvalue weighted by Crippen LogP contribution is 2.34. The number of aromatic nitrogens is 2. The van der Waals surface area contributed by atoms with Gasteiger partial charge in [-0.3, -0.25) is 14.3 Å². The summed E-state index contributed by atoms with van der Waals surface area (Å²) in [7, 11) is 1.71. The number of anilines is 2. The predicted octanol–water partition coefficient (Wildman–Crippen LogP) is 5.23. The van der Waals surface area contributed by atoms with Gasteiger partial charge in [-0.25, -0.2) is 4.68 Å². The standard InChI is InChI=1S/C23H24ClF3N4O2/c1-13(2)19(28-18-11-10-15(12-17(18)24)23(25,26)27)21(32)29-20-14(3)30(4)31(22(20)33)16-8-6-5-7-9-16/h5-13,19,28H,1-4H3,(H,29,32). The molecule has 3 rings (SSSR count). The van der Waals surface area contributed by atoms with E-state index in [0.29, 0.717) is 11.4 Å². The summed E-state index contributed by atoms with van der Waals surface area (Å²) in [5, 5.41) is 5.44. The second-order valence-corrected chi connectivity index (χ2v) is 8.39. The lowest BCUT2D eigenvalue weighted by Gasteiger charge is -2.23. The molecule has 0 spiro atoms. The van der Waals surface area contributed by atoms with Gasteiger partial charge in [-0.15, -0.1) is 0 Å². The number of benzene rings is 2. The molecule has 1 heterocycles. The smallest absolute Gasteiger partial charge is 0.372 e. The van der Waals surface area contributed by atoms with Crippen molar-refractivity contribution in [2.24, 2.45) is 13.0 Å². The highest BCUT2D eigenvalue weighted by molar-refractivity contribution is 6.33. The van der Waals surface area contributed by atoms with Crippen molar-refractivity contribution in [2.45, 2.75) is 33.0 Å². The van der Waals surface area contributed by atoms with E-state index in [1.165, 1.54) is 10.7 Å². The van der Waals surface area contributed by atoms with Crippen LogP contribution in [0.25, 0.3) is 5.69 Å². The van der Waals surface area contributed by atoms with Gasteiger partial charge in [0.25, 0.3) is 5.56 Å². The fourth-order valence-electron chi connectivity index (χ4n) is 3.42. The van der Waals surface area contributed by atoms with E-state index < -0.39 is 29.2 Å². The van der Waals surface area contributed by atoms with Crippen LogP contribution in [0.2, 0.25) is 5.02 Å². The highest BCUT2D eigenvalue weighted by Gasteiger charge is 2.32. The number of halogens is 4. The first-order valence-electron chi connectivity index (χ1n) is 10.2. The van der Waals surface area contributed by atoms with E-state index in [1.54, 1.807) is 56.8 Å². The lowest BCUT2D eigenvalue weighted by molar-refractivity contribution is -0.137. The predicted molar refractivity (Wildman–Crippen MR) is 123 cm³/mol. The number of alkyl halides is 3. The maximum absolute atomic E-state index is 13.1. The molecule has 33 heavy (non-hydrogen) atoms. The third-order valence-electron chi connectivity index (χ3n) is 5.36. The molecule has 1 unspecified atom stereocenters. The zero-order chi connectivity index (χ0) is 24.5. The van der Waals surface area contributed by atoms with Gasteiger partial charge in [0.15, 0.2) is 0 Å². The summed E-state index contributed by atoms with van der Waals surface area (Å²) in [6.07, 6.45) is -4.53. The van der Waals surface area contributed by atoms with Gasteiger partial charge in [0.05, 0.1) is 27.7 Å². The fraction of sp³-hybridized carbons (Fsp3) is 0.304. The van der Waals surface area contributed by atoms with Crippen LogP contribution in [-0.4, -0.2) is 21.3 Å². The minimum absolute atomic E-state index is 0.123. The van der Waals surface area contributed by atoms with Crippen molar-refractivity contribution in [2.75, 3.05) is 10.6 Å². The first-order valence-corrected chi connectivity index (χ1v) is 10.6. The van der Waals surface area contributed by atoms with Crippen molar-refractivity contribution in [1.29, 1.82) is 0 Å². The number of hydrogen-bond acceptors (Lipinski definition) is 3. The summed E-state index contributed by atoms with van der Waals surface area (Å²) in [5.74, 6) is -0.768. The lowest BCUT2D eigenvalue weighted by atomic mass is 10.0. The fourth-order valence-corrected chi connectivity index (χ4v) is 3.66. The summed E-state index contributed by atoms with van der Waals surface area (Å²) in [6.45, 7) is 5.26. The van der Waals surface area contributed by atoms with Gasteiger partial charge in [0.2, 0.25) is 5.91 Å². The second-order valence-electron chi connectivity index (χ2n) is 7.98. The van der Waals surface area contributed by atoms with Gasteiger partial charge >= 0.3 is 6.18 Å². The highest BCUT2D eigenvalue weighted by atomic mass is 35.5. The molecular formula is C23H24ClF3N4O2. The average Bonchev–Trinajstić information content (AvgIpc) is 2.95. The molecule has 2 aromatic carbocycles. The van der Waals surface area contributed by atoms with E-state index in [1.807, 2.05) is 6.07 Å². The summed E-state index contributed by atoms with van der Waals surface area (Å²) in [5.41, 5.74) is 0.216. The summed E-state index contributed by atoms with van der Waals surface area (Å²) in [4.78, 5) is 26.2. The van der Waals surface area contributed by atoms with Crippen molar-refractivity contribution in [1.82, 2.24) is 9.36 Å². The molecular weight excluding hydrogens is 457 g/mol. The molecule has 0 saturated heterocycles. The Morgan fingerprint density at radius 1 is 1.09 bits per heavy atom. The van der Waals surface area contributed by atoms with Gasteiger partial charge in [-0.05, 0) is 43.2 Å². The number of nitrogens with one attached hydrogen (secondary N) is 2. The van der Waals surface area contributed by atoms with Gasteiger partial charge in [0, 0.05) is 7.05 Å². The molecule has 1 atom stereocenters. The second kappa shape index (κ2) is 9.35. The minimum atomic E-state index is -4.53. The van der Waals surface area contributed by atoms with E-state index in [-0.39, 0.29) is 22.3 Å². The number of carbonyl (C=O) groups excluding carboxylic acids is 1. The van der Waals surface area contributed by atoms with Gasteiger partial charge in [0.1, 0.15) is 11.7 Å². The van der Waals surface area contributed by atoms with E-state index >= 15 is 0 Å². The molecule has 6 nitrogen and oxygen atoms in total. The molecule has 0 aliphatic rings. The quantitative estimate of drug-likeness (QED) is 0.507. The molecule has 0 saturated carbocycles. The Morgan fingerprint density at radius 2 is 1.73 bits per heavy atom. The number of nitrogens with zero attached hydrogens (tertiary/aromatic N) is 2. The number of amides is 1. The van der Waals surface area contributed by atoms with Crippen LogP contribution in [-0.2, 0) is 18.0 Å². The molecule has 1 aromatic heterocycles. The maximum atomic E-state index is 13.1. The molecule has 176 valence electrons. The maximum Gasteiger partial charge on any atom is 0.416 e. The van der Waals surface area contributed by atoms with Crippen molar-refractivity contribution in [3.63, 3.8) is 0 Å². The third-order valence-corrected chi connectivity index (χ3v) is 5.67. The summed E-state index contributed by atoms with van der Waals surface area (Å²) >= 11 is 6.04. The monoisotopic (exact) mass is 480 g/mol. The molecule has 2 N–H and O–H groups in total. The third kappa shape index (κ3) is 5.08. The van der Waals surface area contributed by atoms with E-state index in [4.69, 9.17) is 11.6 Å². The van der Waals surface area contributed by atoms with E-state index in [9.17, 15) is 22.8 Å². The number of para-hydroxylation sites is 1. The topological polar surface area (TPSA) is 68.1 Å². The normalized spacial score (nSPS) is 12.6. The first kappa shape index (κ1) is 24.4. The Bertz CT molecular complexity index is 1220. The van der Waals surface area contributed by atoms with Gasteiger partial charge < -0.3 is 10.6 Å². The van der Waals surface area contributed by atoms with Crippen LogP contribution in [0.4, 0.5) is 24.5 Å². The Kier molecular flexibility index (Phi) is 6.92. The first-order chi connectivity index (χ1) is 15.4. The molecule has 0 aliphatic carbocycles. The van der Waals surface area contributed by atoms with Crippen molar-refractivity contribution in [3.05, 3.63) is 75.2 Å². The number of rotatable bonds is 6. The van der Waals surface area contributed by atoms with E-state index in [0.717, 1.165) is 12.1 Å². The zero-order valence-electron chi connectivity index (χ0n) is 18.5. The molecule has 0 radical (unpaired) electrons. The van der Waals surface area contributed by atoms with Crippen molar-refractivity contribution >= 4 is 28.9 Å². The van der Waals surface area contributed by atoms with Gasteiger partial charge in [-0.1, -0.05) is 43.6 Å². The Morgan fingerprint density at radius 3 is 2.27 bits per heavy atom. The molecule has 3 aromatic rings. The van der Waals surface area contributed by atoms with Crippen LogP contribution in [0.3, 0.4) is 0 Å². The zero-order valence-corrected chi connectivity index (χ0v) is 19.3. The molecule has 0 fully saturated rings. The Labute approximate surface area is 194 Å². The van der Waals surface area contributed by atoms with Crippen molar-refractivity contribution in [3.8, 4) is 5.69 Å². The Hall–Kier alpha value is -3.20. The minimum Gasteiger partial charge on any atom is -0.372 e. The SMILES string of the molecule is Cc1c(NC(=O)C(Nc2ccc(C(F)(F)F)cc2Cl)C(C)C)c(=O)n(-c2ccccc2)n1C. The Balaban J connectivity index is 1.89. The largest absolute Gasteiger partial charge is 0.416 e.